The van der Waals surface area contributed by atoms with E-state index in [0.29, 0.717) is 17.7 Å². The van der Waals surface area contributed by atoms with E-state index in [1.807, 2.05) is 6.07 Å². The molecule has 1 aliphatic rings. The molecule has 0 amide bonds. The van der Waals surface area contributed by atoms with Gasteiger partial charge in [-0.2, -0.15) is 5.26 Å². The lowest BCUT2D eigenvalue weighted by molar-refractivity contribution is 0.199. The van der Waals surface area contributed by atoms with Gasteiger partial charge in [0, 0.05) is 24.7 Å². The second kappa shape index (κ2) is 5.26. The van der Waals surface area contributed by atoms with E-state index in [9.17, 15) is 4.39 Å². The van der Waals surface area contributed by atoms with Crippen molar-refractivity contribution in [2.45, 2.75) is 25.4 Å². The smallest absolute Gasteiger partial charge is 0.129 e. The number of halogens is 1. The summed E-state index contributed by atoms with van der Waals surface area (Å²) in [7, 11) is 0. The predicted octanol–water partition coefficient (Wildman–Crippen LogP) is 1.62. The number of hydrogen-bond donors (Lipinski definition) is 1. The number of rotatable bonds is 2. The van der Waals surface area contributed by atoms with Crippen LogP contribution in [-0.4, -0.2) is 24.0 Å². The highest BCUT2D eigenvalue weighted by molar-refractivity contribution is 5.32. The molecule has 1 atom stereocenters. The van der Waals surface area contributed by atoms with Gasteiger partial charge in [-0.15, -0.1) is 0 Å². The van der Waals surface area contributed by atoms with E-state index in [1.54, 1.807) is 12.1 Å². The van der Waals surface area contributed by atoms with Crippen LogP contribution < -0.4 is 5.73 Å². The van der Waals surface area contributed by atoms with Crippen molar-refractivity contribution < 1.29 is 4.39 Å². The molecule has 0 saturated carbocycles. The number of likely N-dealkylation sites (tertiary alicyclic amines) is 1. The van der Waals surface area contributed by atoms with E-state index < -0.39 is 0 Å². The highest BCUT2D eigenvalue weighted by atomic mass is 19.1. The maximum atomic E-state index is 13.7. The number of benzene rings is 1. The first-order chi connectivity index (χ1) is 8.19. The minimum absolute atomic E-state index is 0.199. The SMILES string of the molecule is N#Cc1ccc(CN2CCC[C@@H](N)C2)c(F)c1. The highest BCUT2D eigenvalue weighted by Gasteiger charge is 2.17. The second-order valence-corrected chi connectivity index (χ2v) is 4.56. The summed E-state index contributed by atoms with van der Waals surface area (Å²) in [6, 6.07) is 6.77. The first-order valence-corrected chi connectivity index (χ1v) is 5.85. The third kappa shape index (κ3) is 3.02. The Bertz CT molecular complexity index is 439. The third-order valence-corrected chi connectivity index (χ3v) is 3.12. The van der Waals surface area contributed by atoms with Crippen molar-refractivity contribution in [2.75, 3.05) is 13.1 Å². The average molecular weight is 233 g/mol. The second-order valence-electron chi connectivity index (χ2n) is 4.56. The summed E-state index contributed by atoms with van der Waals surface area (Å²) < 4.78 is 13.7. The zero-order valence-electron chi connectivity index (χ0n) is 9.69. The van der Waals surface area contributed by atoms with E-state index in [1.165, 1.54) is 6.07 Å². The fourth-order valence-electron chi connectivity index (χ4n) is 2.22. The maximum Gasteiger partial charge on any atom is 0.129 e. The van der Waals surface area contributed by atoms with Crippen LogP contribution in [-0.2, 0) is 6.54 Å². The van der Waals surface area contributed by atoms with Crippen molar-refractivity contribution in [2.24, 2.45) is 5.73 Å². The van der Waals surface area contributed by atoms with Gasteiger partial charge in [0.1, 0.15) is 5.82 Å². The number of hydrogen-bond acceptors (Lipinski definition) is 3. The van der Waals surface area contributed by atoms with Crippen LogP contribution in [0.1, 0.15) is 24.0 Å². The summed E-state index contributed by atoms with van der Waals surface area (Å²) in [5, 5.41) is 8.67. The third-order valence-electron chi connectivity index (χ3n) is 3.12. The molecule has 2 N–H and O–H groups in total. The Morgan fingerprint density at radius 3 is 3.00 bits per heavy atom. The van der Waals surface area contributed by atoms with Gasteiger partial charge < -0.3 is 5.73 Å². The molecule has 1 saturated heterocycles. The summed E-state index contributed by atoms with van der Waals surface area (Å²) in [6.45, 7) is 2.36. The zero-order chi connectivity index (χ0) is 12.3. The minimum Gasteiger partial charge on any atom is -0.327 e. The number of nitrogens with zero attached hydrogens (tertiary/aromatic N) is 2. The maximum absolute atomic E-state index is 13.7. The summed E-state index contributed by atoms with van der Waals surface area (Å²) in [4.78, 5) is 2.17. The first kappa shape index (κ1) is 12.0. The van der Waals surface area contributed by atoms with Gasteiger partial charge in [-0.25, -0.2) is 4.39 Å². The summed E-state index contributed by atoms with van der Waals surface area (Å²) in [6.07, 6.45) is 2.12. The first-order valence-electron chi connectivity index (χ1n) is 5.85. The summed E-state index contributed by atoms with van der Waals surface area (Å²) >= 11 is 0. The molecule has 0 radical (unpaired) electrons. The molecule has 2 rings (SSSR count). The van der Waals surface area contributed by atoms with Gasteiger partial charge in [0.05, 0.1) is 11.6 Å². The standard InChI is InChI=1S/C13H16FN3/c14-13-6-10(7-15)3-4-11(13)8-17-5-1-2-12(16)9-17/h3-4,6,12H,1-2,5,8-9,16H2/t12-/m1/s1. The van der Waals surface area contributed by atoms with E-state index in [4.69, 9.17) is 11.0 Å². The van der Waals surface area contributed by atoms with Gasteiger partial charge in [0.25, 0.3) is 0 Å². The Morgan fingerprint density at radius 1 is 1.53 bits per heavy atom. The highest BCUT2D eigenvalue weighted by Crippen LogP contribution is 2.16. The van der Waals surface area contributed by atoms with Crippen LogP contribution >= 0.6 is 0 Å². The van der Waals surface area contributed by atoms with Crippen molar-refractivity contribution >= 4 is 0 Å². The predicted molar refractivity (Wildman–Crippen MR) is 63.6 cm³/mol. The van der Waals surface area contributed by atoms with Gasteiger partial charge in [0.2, 0.25) is 0 Å². The van der Waals surface area contributed by atoms with Crippen LogP contribution in [0, 0.1) is 17.1 Å². The van der Waals surface area contributed by atoms with E-state index in [-0.39, 0.29) is 11.9 Å². The van der Waals surface area contributed by atoms with Crippen molar-refractivity contribution in [3.8, 4) is 6.07 Å². The Kier molecular flexibility index (Phi) is 3.72. The van der Waals surface area contributed by atoms with Gasteiger partial charge in [-0.05, 0) is 31.5 Å². The topological polar surface area (TPSA) is 53.0 Å². The molecule has 1 heterocycles. The van der Waals surface area contributed by atoms with Crippen LogP contribution in [0.2, 0.25) is 0 Å². The average Bonchev–Trinajstić information content (AvgIpc) is 2.32. The minimum atomic E-state index is -0.303. The molecule has 0 aromatic heterocycles. The van der Waals surface area contributed by atoms with Gasteiger partial charge in [-0.1, -0.05) is 6.07 Å². The summed E-state index contributed by atoms with van der Waals surface area (Å²) in [5.41, 5.74) is 6.88. The fourth-order valence-corrected chi connectivity index (χ4v) is 2.22. The molecule has 1 fully saturated rings. The Labute approximate surface area is 101 Å². The normalized spacial score (nSPS) is 21.1. The number of nitriles is 1. The van der Waals surface area contributed by atoms with Crippen LogP contribution in [0.15, 0.2) is 18.2 Å². The quantitative estimate of drug-likeness (QED) is 0.844. The van der Waals surface area contributed by atoms with Crippen molar-refractivity contribution in [1.29, 1.82) is 5.26 Å². The lowest BCUT2D eigenvalue weighted by Crippen LogP contribution is -2.42. The van der Waals surface area contributed by atoms with Crippen LogP contribution in [0.5, 0.6) is 0 Å². The van der Waals surface area contributed by atoms with E-state index in [2.05, 4.69) is 4.90 Å². The number of piperidine rings is 1. The molecule has 0 bridgehead atoms. The molecule has 90 valence electrons. The molecular weight excluding hydrogens is 217 g/mol. The number of nitrogens with two attached hydrogens (primary N) is 1. The molecule has 4 heteroatoms. The van der Waals surface area contributed by atoms with Gasteiger partial charge in [-0.3, -0.25) is 4.90 Å². The van der Waals surface area contributed by atoms with Crippen LogP contribution in [0.25, 0.3) is 0 Å². The Hall–Kier alpha value is -1.44. The summed E-state index contributed by atoms with van der Waals surface area (Å²) in [5.74, 6) is -0.303. The molecule has 1 aliphatic heterocycles. The van der Waals surface area contributed by atoms with Crippen LogP contribution in [0.3, 0.4) is 0 Å². The largest absolute Gasteiger partial charge is 0.327 e. The Morgan fingerprint density at radius 2 is 2.35 bits per heavy atom. The monoisotopic (exact) mass is 233 g/mol. The molecular formula is C13H16FN3. The van der Waals surface area contributed by atoms with E-state index in [0.717, 1.165) is 25.9 Å². The van der Waals surface area contributed by atoms with Crippen LogP contribution in [0.4, 0.5) is 4.39 Å². The molecule has 0 aliphatic carbocycles. The molecule has 1 aromatic rings. The molecule has 0 unspecified atom stereocenters. The van der Waals surface area contributed by atoms with Crippen molar-refractivity contribution in [1.82, 2.24) is 4.90 Å². The lowest BCUT2D eigenvalue weighted by atomic mass is 10.1. The van der Waals surface area contributed by atoms with Gasteiger partial charge in [0.15, 0.2) is 0 Å². The molecule has 17 heavy (non-hydrogen) atoms. The lowest BCUT2D eigenvalue weighted by Gasteiger charge is -2.30. The zero-order valence-corrected chi connectivity index (χ0v) is 9.69. The molecule has 0 spiro atoms. The Balaban J connectivity index is 2.06. The molecule has 3 nitrogen and oxygen atoms in total. The molecule has 1 aromatic carbocycles. The van der Waals surface area contributed by atoms with Crippen molar-refractivity contribution in [3.63, 3.8) is 0 Å². The van der Waals surface area contributed by atoms with E-state index >= 15 is 0 Å². The fraction of sp³-hybridized carbons (Fsp3) is 0.462. The van der Waals surface area contributed by atoms with Crippen molar-refractivity contribution in [3.05, 3.63) is 35.1 Å². The van der Waals surface area contributed by atoms with Gasteiger partial charge >= 0.3 is 0 Å².